The number of ether oxygens (including phenoxy) is 1. The predicted octanol–water partition coefficient (Wildman–Crippen LogP) is 2.63. The third-order valence-corrected chi connectivity index (χ3v) is 3.32. The van der Waals surface area contributed by atoms with Crippen LogP contribution in [0.3, 0.4) is 0 Å². The molecule has 0 aromatic heterocycles. The van der Waals surface area contributed by atoms with Gasteiger partial charge < -0.3 is 15.4 Å². The molecule has 1 rings (SSSR count). The number of para-hydroxylation sites is 1. The lowest BCUT2D eigenvalue weighted by atomic mass is 10.3. The first-order valence-corrected chi connectivity index (χ1v) is 8.30. The summed E-state index contributed by atoms with van der Waals surface area (Å²) in [5.74, 6) is 0.858. The topological polar surface area (TPSA) is 67.4 Å². The van der Waals surface area contributed by atoms with E-state index >= 15 is 0 Å². The van der Waals surface area contributed by atoms with Gasteiger partial charge in [0.25, 0.3) is 0 Å². The first kappa shape index (κ1) is 16.8. The molecule has 5 nitrogen and oxygen atoms in total. The van der Waals surface area contributed by atoms with E-state index in [1.165, 1.54) is 0 Å². The molecule has 1 aromatic carbocycles. The highest BCUT2D eigenvalue weighted by atomic mass is 35.5. The monoisotopic (exact) mass is 318 g/mol. The summed E-state index contributed by atoms with van der Waals surface area (Å²) in [4.78, 5) is 11.7. The highest BCUT2D eigenvalue weighted by Gasteiger charge is 2.12. The number of halogens is 1. The Labute approximate surface area is 126 Å². The fourth-order valence-electron chi connectivity index (χ4n) is 1.44. The number of urea groups is 1. The van der Waals surface area contributed by atoms with E-state index in [9.17, 15) is 9.00 Å². The van der Waals surface area contributed by atoms with Crippen LogP contribution in [0.15, 0.2) is 18.2 Å². The maximum atomic E-state index is 11.7. The van der Waals surface area contributed by atoms with Gasteiger partial charge in [-0.05, 0) is 26.0 Å². The van der Waals surface area contributed by atoms with Crippen molar-refractivity contribution in [3.05, 3.63) is 23.2 Å². The number of carbonyl (C=O) groups is 1. The molecule has 1 unspecified atom stereocenters. The minimum absolute atomic E-state index is 0.0546. The number of amides is 2. The highest BCUT2D eigenvalue weighted by molar-refractivity contribution is 7.84. The van der Waals surface area contributed by atoms with Gasteiger partial charge in [-0.2, -0.15) is 0 Å². The Morgan fingerprint density at radius 1 is 1.45 bits per heavy atom. The molecule has 0 radical (unpaired) electrons. The summed E-state index contributed by atoms with van der Waals surface area (Å²) in [6.07, 6.45) is 1.53. The molecule has 0 aliphatic rings. The first-order valence-electron chi connectivity index (χ1n) is 6.20. The third kappa shape index (κ3) is 5.79. The van der Waals surface area contributed by atoms with Crippen LogP contribution in [0.25, 0.3) is 0 Å². The van der Waals surface area contributed by atoms with Crippen molar-refractivity contribution < 1.29 is 13.7 Å². The second kappa shape index (κ2) is 8.11. The Bertz CT molecular complexity index is 495. The van der Waals surface area contributed by atoms with E-state index in [1.54, 1.807) is 24.5 Å². The predicted molar refractivity (Wildman–Crippen MR) is 83.2 cm³/mol. The SMILES string of the molecule is CC(C)Oc1c(Cl)cccc1NC(=O)NCCS(C)=O. The Morgan fingerprint density at radius 3 is 2.75 bits per heavy atom. The van der Waals surface area contributed by atoms with Crippen LogP contribution in [-0.4, -0.2) is 34.9 Å². The van der Waals surface area contributed by atoms with E-state index < -0.39 is 10.8 Å². The Morgan fingerprint density at radius 2 is 2.15 bits per heavy atom. The number of benzene rings is 1. The summed E-state index contributed by atoms with van der Waals surface area (Å²) in [6.45, 7) is 4.10. The van der Waals surface area contributed by atoms with Gasteiger partial charge in [0.15, 0.2) is 5.75 Å². The Hall–Kier alpha value is -1.27. The average molecular weight is 319 g/mol. The van der Waals surface area contributed by atoms with Gasteiger partial charge in [-0.3, -0.25) is 4.21 Å². The van der Waals surface area contributed by atoms with Crippen molar-refractivity contribution in [2.24, 2.45) is 0 Å². The lowest BCUT2D eigenvalue weighted by Gasteiger charge is -2.16. The molecule has 0 aliphatic carbocycles. The van der Waals surface area contributed by atoms with Crippen LogP contribution >= 0.6 is 11.6 Å². The van der Waals surface area contributed by atoms with E-state index in [2.05, 4.69) is 10.6 Å². The van der Waals surface area contributed by atoms with E-state index in [1.807, 2.05) is 13.8 Å². The molecule has 20 heavy (non-hydrogen) atoms. The maximum absolute atomic E-state index is 11.7. The lowest BCUT2D eigenvalue weighted by molar-refractivity contribution is 0.242. The number of anilines is 1. The maximum Gasteiger partial charge on any atom is 0.319 e. The zero-order valence-corrected chi connectivity index (χ0v) is 13.3. The second-order valence-corrected chi connectivity index (χ2v) is 6.40. The van der Waals surface area contributed by atoms with Crippen LogP contribution in [0, 0.1) is 0 Å². The minimum atomic E-state index is -0.933. The molecule has 0 heterocycles. The lowest BCUT2D eigenvalue weighted by Crippen LogP contribution is -2.32. The summed E-state index contributed by atoms with van der Waals surface area (Å²) in [5.41, 5.74) is 0.501. The molecule has 2 amide bonds. The molecular formula is C13H19ClN2O3S. The smallest absolute Gasteiger partial charge is 0.319 e. The Kier molecular flexibility index (Phi) is 6.81. The van der Waals surface area contributed by atoms with Crippen molar-refractivity contribution in [3.8, 4) is 5.75 Å². The average Bonchev–Trinajstić information content (AvgIpc) is 2.32. The van der Waals surface area contributed by atoms with Crippen molar-refractivity contribution in [1.82, 2.24) is 5.32 Å². The van der Waals surface area contributed by atoms with Gasteiger partial charge in [0.05, 0.1) is 16.8 Å². The normalized spacial score (nSPS) is 12.1. The molecule has 0 saturated carbocycles. The molecule has 0 saturated heterocycles. The Balaban J connectivity index is 2.69. The van der Waals surface area contributed by atoms with Gasteiger partial charge in [-0.1, -0.05) is 17.7 Å². The summed E-state index contributed by atoms with van der Waals surface area (Å²) >= 11 is 6.07. The summed E-state index contributed by atoms with van der Waals surface area (Å²) in [6, 6.07) is 4.75. The third-order valence-electron chi connectivity index (χ3n) is 2.24. The fraction of sp³-hybridized carbons (Fsp3) is 0.462. The number of hydrogen-bond acceptors (Lipinski definition) is 3. The molecule has 112 valence electrons. The van der Waals surface area contributed by atoms with Crippen molar-refractivity contribution in [3.63, 3.8) is 0 Å². The van der Waals surface area contributed by atoms with Crippen LogP contribution in [0.1, 0.15) is 13.8 Å². The fourth-order valence-corrected chi connectivity index (χ4v) is 2.05. The van der Waals surface area contributed by atoms with Gasteiger partial charge in [0.2, 0.25) is 0 Å². The molecule has 0 bridgehead atoms. The molecular weight excluding hydrogens is 300 g/mol. The van der Waals surface area contributed by atoms with E-state index in [4.69, 9.17) is 16.3 Å². The van der Waals surface area contributed by atoms with Crippen LogP contribution in [0.4, 0.5) is 10.5 Å². The molecule has 1 atom stereocenters. The van der Waals surface area contributed by atoms with Crippen molar-refractivity contribution >= 4 is 34.1 Å². The van der Waals surface area contributed by atoms with Gasteiger partial charge in [0.1, 0.15) is 0 Å². The minimum Gasteiger partial charge on any atom is -0.487 e. The number of hydrogen-bond donors (Lipinski definition) is 2. The van der Waals surface area contributed by atoms with Crippen LogP contribution in [-0.2, 0) is 10.8 Å². The molecule has 0 aliphatic heterocycles. The standard InChI is InChI=1S/C13H19ClN2O3S/c1-9(2)19-12-10(14)5-4-6-11(12)16-13(17)15-7-8-20(3)18/h4-6,9H,7-8H2,1-3H3,(H2,15,16,17). The first-order chi connectivity index (χ1) is 9.40. The van der Waals surface area contributed by atoms with E-state index in [-0.39, 0.29) is 12.1 Å². The molecule has 0 fully saturated rings. The number of rotatable bonds is 6. The number of nitrogens with one attached hydrogen (secondary N) is 2. The molecule has 2 N–H and O–H groups in total. The van der Waals surface area contributed by atoms with Gasteiger partial charge in [-0.15, -0.1) is 0 Å². The zero-order valence-electron chi connectivity index (χ0n) is 11.7. The molecule has 1 aromatic rings. The largest absolute Gasteiger partial charge is 0.487 e. The van der Waals surface area contributed by atoms with Gasteiger partial charge in [-0.25, -0.2) is 4.79 Å². The summed E-state index contributed by atoms with van der Waals surface area (Å²) in [7, 11) is -0.933. The highest BCUT2D eigenvalue weighted by Crippen LogP contribution is 2.33. The van der Waals surface area contributed by atoms with Gasteiger partial charge in [0, 0.05) is 29.4 Å². The van der Waals surface area contributed by atoms with E-state index in [0.29, 0.717) is 28.8 Å². The van der Waals surface area contributed by atoms with Gasteiger partial charge >= 0.3 is 6.03 Å². The molecule has 0 spiro atoms. The quantitative estimate of drug-likeness (QED) is 0.847. The summed E-state index contributed by atoms with van der Waals surface area (Å²) in [5, 5.41) is 5.73. The van der Waals surface area contributed by atoms with Crippen LogP contribution in [0.2, 0.25) is 5.02 Å². The summed E-state index contributed by atoms with van der Waals surface area (Å²) < 4.78 is 16.5. The van der Waals surface area contributed by atoms with Crippen LogP contribution < -0.4 is 15.4 Å². The second-order valence-electron chi connectivity index (χ2n) is 4.44. The number of carbonyl (C=O) groups excluding carboxylic acids is 1. The van der Waals surface area contributed by atoms with Crippen molar-refractivity contribution in [1.29, 1.82) is 0 Å². The van der Waals surface area contributed by atoms with E-state index in [0.717, 1.165) is 0 Å². The van der Waals surface area contributed by atoms with Crippen molar-refractivity contribution in [2.45, 2.75) is 20.0 Å². The molecule has 7 heteroatoms. The van der Waals surface area contributed by atoms with Crippen molar-refractivity contribution in [2.75, 3.05) is 23.9 Å². The van der Waals surface area contributed by atoms with Crippen LogP contribution in [0.5, 0.6) is 5.75 Å². The zero-order chi connectivity index (χ0) is 15.1.